The summed E-state index contributed by atoms with van der Waals surface area (Å²) in [5, 5.41) is 10.5. The minimum atomic E-state index is -0.187. The lowest BCUT2D eigenvalue weighted by molar-refractivity contribution is 0.101. The number of rotatable bonds is 5. The van der Waals surface area contributed by atoms with Crippen molar-refractivity contribution < 1.29 is 24.1 Å². The van der Waals surface area contributed by atoms with Gasteiger partial charge in [-0.1, -0.05) is 13.0 Å². The molecule has 1 saturated heterocycles. The molecule has 1 atom stereocenters. The van der Waals surface area contributed by atoms with Gasteiger partial charge in [-0.3, -0.25) is 9.69 Å². The number of piperidine rings is 1. The van der Waals surface area contributed by atoms with Gasteiger partial charge < -0.3 is 19.3 Å². The number of carbonyl (C=O) groups excluding carboxylic acids is 1. The summed E-state index contributed by atoms with van der Waals surface area (Å²) < 4.78 is 16.6. The van der Waals surface area contributed by atoms with Crippen molar-refractivity contribution in [3.8, 4) is 23.0 Å². The van der Waals surface area contributed by atoms with Gasteiger partial charge in [0, 0.05) is 13.1 Å². The molecule has 158 valence electrons. The number of carbonyl (C=O) groups is 1. The molecule has 0 unspecified atom stereocenters. The van der Waals surface area contributed by atoms with Crippen molar-refractivity contribution >= 4 is 11.9 Å². The number of allylic oxidation sites excluding steroid dienone is 1. The Kier molecular flexibility index (Phi) is 5.68. The van der Waals surface area contributed by atoms with Crippen LogP contribution in [0.5, 0.6) is 23.0 Å². The second kappa shape index (κ2) is 8.40. The van der Waals surface area contributed by atoms with Crippen LogP contribution in [0.15, 0.2) is 36.1 Å². The largest absolute Gasteiger partial charge is 0.507 e. The minimum Gasteiger partial charge on any atom is -0.507 e. The number of hydrogen-bond acceptors (Lipinski definition) is 6. The highest BCUT2D eigenvalue weighted by Gasteiger charge is 2.32. The summed E-state index contributed by atoms with van der Waals surface area (Å²) in [6.45, 7) is 4.77. The van der Waals surface area contributed by atoms with Crippen LogP contribution >= 0.6 is 0 Å². The minimum absolute atomic E-state index is 0.159. The smallest absolute Gasteiger partial charge is 0.231 e. The van der Waals surface area contributed by atoms with Gasteiger partial charge in [-0.2, -0.15) is 0 Å². The molecule has 2 aliphatic heterocycles. The number of ketones is 1. The lowest BCUT2D eigenvalue weighted by Crippen LogP contribution is -2.33. The van der Waals surface area contributed by atoms with Gasteiger partial charge in [0.25, 0.3) is 0 Å². The summed E-state index contributed by atoms with van der Waals surface area (Å²) in [5.74, 6) is 2.49. The van der Waals surface area contributed by atoms with Crippen LogP contribution in [0.3, 0.4) is 0 Å². The van der Waals surface area contributed by atoms with E-state index in [1.165, 1.54) is 6.42 Å². The molecule has 30 heavy (non-hydrogen) atoms. The molecule has 0 aliphatic carbocycles. The molecule has 6 nitrogen and oxygen atoms in total. The molecule has 0 saturated carbocycles. The summed E-state index contributed by atoms with van der Waals surface area (Å²) in [5.41, 5.74) is 1.92. The fourth-order valence-corrected chi connectivity index (χ4v) is 4.20. The predicted molar refractivity (Wildman–Crippen MR) is 114 cm³/mol. The number of fused-ring (bicyclic) bond motifs is 1. The molecule has 0 aromatic heterocycles. The van der Waals surface area contributed by atoms with Crippen LogP contribution in [0.2, 0.25) is 0 Å². The molecule has 6 heteroatoms. The Hall–Kier alpha value is -2.99. The van der Waals surface area contributed by atoms with Crippen LogP contribution in [-0.2, 0) is 6.54 Å². The number of hydrogen-bond donors (Lipinski definition) is 1. The Labute approximate surface area is 176 Å². The van der Waals surface area contributed by atoms with Gasteiger partial charge in [-0.25, -0.2) is 0 Å². The molecule has 2 aliphatic rings. The van der Waals surface area contributed by atoms with E-state index >= 15 is 0 Å². The van der Waals surface area contributed by atoms with Crippen LogP contribution in [-0.4, -0.2) is 43.1 Å². The van der Waals surface area contributed by atoms with Crippen molar-refractivity contribution in [2.75, 3.05) is 27.3 Å². The molecule has 2 heterocycles. The first-order valence-corrected chi connectivity index (χ1v) is 10.2. The maximum atomic E-state index is 12.9. The van der Waals surface area contributed by atoms with Gasteiger partial charge in [0.05, 0.1) is 25.3 Å². The molecule has 2 aromatic carbocycles. The number of phenols is 1. The average molecular weight is 409 g/mol. The predicted octanol–water partition coefficient (Wildman–Crippen LogP) is 4.26. The van der Waals surface area contributed by atoms with Crippen molar-refractivity contribution in [1.29, 1.82) is 0 Å². The first-order chi connectivity index (χ1) is 14.5. The molecular weight excluding hydrogens is 382 g/mol. The van der Waals surface area contributed by atoms with Crippen LogP contribution in [0.1, 0.15) is 41.3 Å². The molecule has 1 fully saturated rings. The summed E-state index contributed by atoms with van der Waals surface area (Å²) in [7, 11) is 3.14. The standard InChI is InChI=1S/C24H27NO5/c1-15-5-4-10-25(13-15)14-18-19(26)8-7-17-23(27)22(30-24(17)18)12-16-6-9-20(28-2)21(11-16)29-3/h6-9,11-12,15,26H,4-5,10,13-14H2,1-3H3/b22-12-/t15-/m0/s1. The van der Waals surface area contributed by atoms with Crippen LogP contribution in [0, 0.1) is 5.92 Å². The fourth-order valence-electron chi connectivity index (χ4n) is 4.20. The number of likely N-dealkylation sites (tertiary alicyclic amines) is 1. The van der Waals surface area contributed by atoms with Crippen molar-refractivity contribution in [2.24, 2.45) is 5.92 Å². The van der Waals surface area contributed by atoms with E-state index in [0.29, 0.717) is 40.8 Å². The lowest BCUT2D eigenvalue weighted by atomic mass is 9.99. The number of Topliss-reactive ketones (excluding diaryl/α,β-unsaturated/α-hetero) is 1. The SMILES string of the molecule is COc1ccc(/C=C2\Oc3c(ccc(O)c3CN3CCC[C@H](C)C3)C2=O)cc1OC. The van der Waals surface area contributed by atoms with E-state index in [9.17, 15) is 9.90 Å². The van der Waals surface area contributed by atoms with Crippen molar-refractivity contribution in [2.45, 2.75) is 26.3 Å². The average Bonchev–Trinajstić information content (AvgIpc) is 3.05. The zero-order chi connectivity index (χ0) is 21.3. The van der Waals surface area contributed by atoms with Gasteiger partial charge in [0.15, 0.2) is 17.3 Å². The van der Waals surface area contributed by atoms with Gasteiger partial charge in [0.2, 0.25) is 5.78 Å². The Balaban J connectivity index is 1.63. The highest BCUT2D eigenvalue weighted by Crippen LogP contribution is 2.41. The zero-order valence-electron chi connectivity index (χ0n) is 17.6. The monoisotopic (exact) mass is 409 g/mol. The summed E-state index contributed by atoms with van der Waals surface area (Å²) >= 11 is 0. The Bertz CT molecular complexity index is 997. The van der Waals surface area contributed by atoms with E-state index in [0.717, 1.165) is 25.1 Å². The van der Waals surface area contributed by atoms with E-state index in [-0.39, 0.29) is 17.3 Å². The number of nitrogens with zero attached hydrogens (tertiary/aromatic N) is 1. The number of aromatic hydroxyl groups is 1. The van der Waals surface area contributed by atoms with Crippen molar-refractivity contribution in [3.05, 3.63) is 52.8 Å². The number of methoxy groups -OCH3 is 2. The molecule has 0 spiro atoms. The maximum absolute atomic E-state index is 12.9. The Morgan fingerprint density at radius 3 is 2.73 bits per heavy atom. The van der Waals surface area contributed by atoms with Gasteiger partial charge in [0.1, 0.15) is 11.5 Å². The summed E-state index contributed by atoms with van der Waals surface area (Å²) in [6.07, 6.45) is 4.05. The molecule has 4 rings (SSSR count). The maximum Gasteiger partial charge on any atom is 0.231 e. The molecule has 2 aromatic rings. The third-order valence-electron chi connectivity index (χ3n) is 5.74. The van der Waals surface area contributed by atoms with Crippen molar-refractivity contribution in [1.82, 2.24) is 4.90 Å². The zero-order valence-corrected chi connectivity index (χ0v) is 17.6. The third-order valence-corrected chi connectivity index (χ3v) is 5.74. The second-order valence-corrected chi connectivity index (χ2v) is 7.98. The first-order valence-electron chi connectivity index (χ1n) is 10.2. The van der Waals surface area contributed by atoms with E-state index in [1.54, 1.807) is 44.6 Å². The first kappa shape index (κ1) is 20.3. The fraction of sp³-hybridized carbons (Fsp3) is 0.375. The molecule has 0 amide bonds. The Morgan fingerprint density at radius 2 is 2.00 bits per heavy atom. The van der Waals surface area contributed by atoms with Crippen LogP contribution < -0.4 is 14.2 Å². The quantitative estimate of drug-likeness (QED) is 0.745. The van der Waals surface area contributed by atoms with E-state index in [1.807, 2.05) is 6.07 Å². The third kappa shape index (κ3) is 3.87. The highest BCUT2D eigenvalue weighted by atomic mass is 16.5. The molecule has 0 radical (unpaired) electrons. The number of benzene rings is 2. The summed E-state index contributed by atoms with van der Waals surface area (Å²) in [6, 6.07) is 8.62. The van der Waals surface area contributed by atoms with E-state index < -0.39 is 0 Å². The van der Waals surface area contributed by atoms with Gasteiger partial charge in [-0.15, -0.1) is 0 Å². The normalized spacial score (nSPS) is 20.2. The molecular formula is C24H27NO5. The number of phenolic OH excluding ortho intramolecular Hbond substituents is 1. The van der Waals surface area contributed by atoms with Crippen LogP contribution in [0.4, 0.5) is 0 Å². The molecule has 0 bridgehead atoms. The van der Waals surface area contributed by atoms with Crippen molar-refractivity contribution in [3.63, 3.8) is 0 Å². The van der Waals surface area contributed by atoms with E-state index in [2.05, 4.69) is 11.8 Å². The number of ether oxygens (including phenoxy) is 3. The van der Waals surface area contributed by atoms with Gasteiger partial charge >= 0.3 is 0 Å². The van der Waals surface area contributed by atoms with E-state index in [4.69, 9.17) is 14.2 Å². The summed E-state index contributed by atoms with van der Waals surface area (Å²) in [4.78, 5) is 15.3. The van der Waals surface area contributed by atoms with Gasteiger partial charge in [-0.05, 0) is 61.2 Å². The lowest BCUT2D eigenvalue weighted by Gasteiger charge is -2.31. The topological polar surface area (TPSA) is 68.2 Å². The second-order valence-electron chi connectivity index (χ2n) is 7.98. The molecule has 1 N–H and O–H groups in total. The Morgan fingerprint density at radius 1 is 1.20 bits per heavy atom. The highest BCUT2D eigenvalue weighted by molar-refractivity contribution is 6.15. The van der Waals surface area contributed by atoms with Crippen LogP contribution in [0.25, 0.3) is 6.08 Å².